The molecule has 2 aliphatic rings. The topological polar surface area (TPSA) is 69.2 Å². The summed E-state index contributed by atoms with van der Waals surface area (Å²) in [5.41, 5.74) is -0.456. The molecule has 0 aromatic rings. The summed E-state index contributed by atoms with van der Waals surface area (Å²) in [6.45, 7) is 10.4. The summed E-state index contributed by atoms with van der Waals surface area (Å²) < 4.78 is 5.50. The number of rotatable bonds is 3. The molecule has 7 nitrogen and oxygen atoms in total. The van der Waals surface area contributed by atoms with Crippen molar-refractivity contribution in [2.24, 2.45) is 10.9 Å². The first-order chi connectivity index (χ1) is 12.3. The lowest BCUT2D eigenvalue weighted by Crippen LogP contribution is -2.53. The van der Waals surface area contributed by atoms with Crippen molar-refractivity contribution in [3.63, 3.8) is 0 Å². The summed E-state index contributed by atoms with van der Waals surface area (Å²) >= 11 is 0. The molecule has 2 atom stereocenters. The number of likely N-dealkylation sites (tertiary alicyclic amines) is 2. The maximum atomic E-state index is 12.3. The third-order valence-electron chi connectivity index (χ3n) is 4.92. The van der Waals surface area contributed by atoms with E-state index in [1.165, 1.54) is 19.4 Å². The highest BCUT2D eigenvalue weighted by Crippen LogP contribution is 2.16. The largest absolute Gasteiger partial charge is 0.444 e. The number of guanidine groups is 1. The standard InChI is InChI=1S/C19H37N5O2/c1-19(2,3)26-18(25)24-11-7-9-16(14-24)22-17(20-4)21-12-15-8-6-10-23(5)13-15/h15-16H,6-14H2,1-5H3,(H2,20,21,22). The van der Waals surface area contributed by atoms with Crippen LogP contribution in [0.4, 0.5) is 4.79 Å². The number of amides is 1. The van der Waals surface area contributed by atoms with Crippen LogP contribution < -0.4 is 10.6 Å². The van der Waals surface area contributed by atoms with Crippen LogP contribution in [0.3, 0.4) is 0 Å². The van der Waals surface area contributed by atoms with Gasteiger partial charge < -0.3 is 25.2 Å². The zero-order valence-electron chi connectivity index (χ0n) is 17.2. The Balaban J connectivity index is 1.79. The normalized spacial score (nSPS) is 25.7. The predicted octanol–water partition coefficient (Wildman–Crippen LogP) is 1.89. The smallest absolute Gasteiger partial charge is 0.410 e. The molecule has 0 aromatic carbocycles. The number of carbonyl (C=O) groups excluding carboxylic acids is 1. The molecule has 0 bridgehead atoms. The summed E-state index contributed by atoms with van der Waals surface area (Å²) in [5.74, 6) is 1.49. The van der Waals surface area contributed by atoms with E-state index < -0.39 is 5.60 Å². The van der Waals surface area contributed by atoms with Gasteiger partial charge in [-0.2, -0.15) is 0 Å². The minimum atomic E-state index is -0.456. The Bertz CT molecular complexity index is 489. The summed E-state index contributed by atoms with van der Waals surface area (Å²) in [6.07, 6.45) is 4.32. The maximum absolute atomic E-state index is 12.3. The van der Waals surface area contributed by atoms with Crippen molar-refractivity contribution >= 4 is 12.1 Å². The lowest BCUT2D eigenvalue weighted by atomic mass is 9.98. The molecule has 26 heavy (non-hydrogen) atoms. The number of piperidine rings is 2. The molecule has 0 aromatic heterocycles. The first kappa shape index (κ1) is 20.8. The monoisotopic (exact) mass is 367 g/mol. The van der Waals surface area contributed by atoms with Crippen LogP contribution >= 0.6 is 0 Å². The molecule has 7 heteroatoms. The lowest BCUT2D eigenvalue weighted by molar-refractivity contribution is 0.0193. The van der Waals surface area contributed by atoms with E-state index in [0.29, 0.717) is 12.5 Å². The molecule has 2 N–H and O–H groups in total. The van der Waals surface area contributed by atoms with Crippen molar-refractivity contribution < 1.29 is 9.53 Å². The van der Waals surface area contributed by atoms with E-state index in [-0.39, 0.29) is 12.1 Å². The van der Waals surface area contributed by atoms with Crippen molar-refractivity contribution in [2.45, 2.75) is 58.1 Å². The van der Waals surface area contributed by atoms with Crippen molar-refractivity contribution in [1.29, 1.82) is 0 Å². The number of nitrogens with one attached hydrogen (secondary N) is 2. The van der Waals surface area contributed by atoms with E-state index in [9.17, 15) is 4.79 Å². The van der Waals surface area contributed by atoms with Gasteiger partial charge in [0.2, 0.25) is 0 Å². The van der Waals surface area contributed by atoms with Crippen LogP contribution in [0.1, 0.15) is 46.5 Å². The van der Waals surface area contributed by atoms with E-state index in [0.717, 1.165) is 38.4 Å². The van der Waals surface area contributed by atoms with Crippen molar-refractivity contribution in [3.05, 3.63) is 0 Å². The number of hydrogen-bond donors (Lipinski definition) is 2. The van der Waals surface area contributed by atoms with Gasteiger partial charge in [0, 0.05) is 39.3 Å². The third kappa shape index (κ3) is 7.02. The van der Waals surface area contributed by atoms with Gasteiger partial charge in [0.25, 0.3) is 0 Å². The Hall–Kier alpha value is -1.50. The van der Waals surface area contributed by atoms with Crippen LogP contribution in [0, 0.1) is 5.92 Å². The average Bonchev–Trinajstić information content (AvgIpc) is 2.57. The lowest BCUT2D eigenvalue weighted by Gasteiger charge is -2.35. The van der Waals surface area contributed by atoms with Crippen molar-refractivity contribution in [1.82, 2.24) is 20.4 Å². The fraction of sp³-hybridized carbons (Fsp3) is 0.895. The minimum absolute atomic E-state index is 0.205. The molecule has 2 rings (SSSR count). The first-order valence-electron chi connectivity index (χ1n) is 9.90. The molecule has 2 aliphatic heterocycles. The summed E-state index contributed by atoms with van der Waals surface area (Å²) in [6, 6.07) is 0.205. The molecule has 150 valence electrons. The average molecular weight is 368 g/mol. The summed E-state index contributed by atoms with van der Waals surface area (Å²) in [7, 11) is 3.99. The van der Waals surface area contributed by atoms with E-state index in [4.69, 9.17) is 4.74 Å². The Kier molecular flexibility index (Phi) is 7.55. The Morgan fingerprint density at radius 2 is 1.92 bits per heavy atom. The van der Waals surface area contributed by atoms with E-state index in [1.54, 1.807) is 11.9 Å². The number of ether oxygens (including phenoxy) is 1. The van der Waals surface area contributed by atoms with Gasteiger partial charge in [0.05, 0.1) is 0 Å². The van der Waals surface area contributed by atoms with Crippen LogP contribution in [0.5, 0.6) is 0 Å². The molecule has 2 unspecified atom stereocenters. The third-order valence-corrected chi connectivity index (χ3v) is 4.92. The Morgan fingerprint density at radius 1 is 1.19 bits per heavy atom. The van der Waals surface area contributed by atoms with Crippen LogP contribution in [-0.2, 0) is 4.74 Å². The van der Waals surface area contributed by atoms with Gasteiger partial charge >= 0.3 is 6.09 Å². The van der Waals surface area contributed by atoms with Crippen molar-refractivity contribution in [3.8, 4) is 0 Å². The van der Waals surface area contributed by atoms with Crippen LogP contribution in [0.15, 0.2) is 4.99 Å². The minimum Gasteiger partial charge on any atom is -0.444 e. The fourth-order valence-electron chi connectivity index (χ4n) is 3.66. The summed E-state index contributed by atoms with van der Waals surface area (Å²) in [4.78, 5) is 20.9. The number of hydrogen-bond acceptors (Lipinski definition) is 4. The van der Waals surface area contributed by atoms with Gasteiger partial charge in [0.1, 0.15) is 5.60 Å². The highest BCUT2D eigenvalue weighted by atomic mass is 16.6. The number of aliphatic imine (C=N–C) groups is 1. The van der Waals surface area contributed by atoms with E-state index in [2.05, 4.69) is 27.6 Å². The Morgan fingerprint density at radius 3 is 2.58 bits per heavy atom. The first-order valence-corrected chi connectivity index (χ1v) is 9.90. The van der Waals surface area contributed by atoms with Crippen molar-refractivity contribution in [2.75, 3.05) is 46.8 Å². The highest BCUT2D eigenvalue weighted by molar-refractivity contribution is 5.80. The van der Waals surface area contributed by atoms with E-state index in [1.807, 2.05) is 20.8 Å². The second-order valence-electron chi connectivity index (χ2n) is 8.63. The molecule has 0 aliphatic carbocycles. The highest BCUT2D eigenvalue weighted by Gasteiger charge is 2.28. The maximum Gasteiger partial charge on any atom is 0.410 e. The molecular weight excluding hydrogens is 330 g/mol. The van der Waals surface area contributed by atoms with Crippen LogP contribution in [0.2, 0.25) is 0 Å². The zero-order valence-corrected chi connectivity index (χ0v) is 17.2. The van der Waals surface area contributed by atoms with Crippen LogP contribution in [0.25, 0.3) is 0 Å². The van der Waals surface area contributed by atoms with Crippen LogP contribution in [-0.4, -0.2) is 80.3 Å². The molecule has 0 radical (unpaired) electrons. The second kappa shape index (κ2) is 9.44. The van der Waals surface area contributed by atoms with Gasteiger partial charge in [-0.1, -0.05) is 0 Å². The predicted molar refractivity (Wildman–Crippen MR) is 106 cm³/mol. The quantitative estimate of drug-likeness (QED) is 0.589. The molecule has 2 saturated heterocycles. The summed E-state index contributed by atoms with van der Waals surface area (Å²) in [5, 5.41) is 6.95. The number of carbonyl (C=O) groups is 1. The SMILES string of the molecule is CN=C(NCC1CCCN(C)C1)NC1CCCN(C(=O)OC(C)(C)C)C1. The number of nitrogens with zero attached hydrogens (tertiary/aromatic N) is 3. The second-order valence-corrected chi connectivity index (χ2v) is 8.63. The molecule has 0 saturated carbocycles. The Labute approximate surface area is 158 Å². The molecule has 2 fully saturated rings. The molecule has 1 amide bonds. The van der Waals surface area contributed by atoms with E-state index >= 15 is 0 Å². The fourth-order valence-corrected chi connectivity index (χ4v) is 3.66. The van der Waals surface area contributed by atoms with Gasteiger partial charge in [-0.05, 0) is 66.0 Å². The van der Waals surface area contributed by atoms with Gasteiger partial charge in [-0.3, -0.25) is 4.99 Å². The molecule has 0 spiro atoms. The zero-order chi connectivity index (χ0) is 19.2. The molecular formula is C19H37N5O2. The van der Waals surface area contributed by atoms with Gasteiger partial charge in [-0.15, -0.1) is 0 Å². The van der Waals surface area contributed by atoms with Gasteiger partial charge in [0.15, 0.2) is 5.96 Å². The van der Waals surface area contributed by atoms with Gasteiger partial charge in [-0.25, -0.2) is 4.79 Å². The molecule has 2 heterocycles.